The van der Waals surface area contributed by atoms with Gasteiger partial charge in [-0.25, -0.2) is 4.57 Å². The van der Waals surface area contributed by atoms with Crippen molar-refractivity contribution in [1.29, 1.82) is 0 Å². The van der Waals surface area contributed by atoms with Crippen molar-refractivity contribution in [3.8, 4) is 0 Å². The summed E-state index contributed by atoms with van der Waals surface area (Å²) < 4.78 is 20.4. The molecular formula is C13H27NO9PS+. The van der Waals surface area contributed by atoms with E-state index < -0.39 is 41.2 Å². The van der Waals surface area contributed by atoms with Crippen LogP contribution < -0.4 is 0 Å². The highest BCUT2D eigenvalue weighted by atomic mass is 32.7. The summed E-state index contributed by atoms with van der Waals surface area (Å²) in [4.78, 5) is 51.4. The number of quaternary nitrogens is 1. The molecule has 0 radical (unpaired) electrons. The number of nitrogens with zero attached hydrogens (tertiary/aromatic N) is 1. The average molecular weight is 404 g/mol. The van der Waals surface area contributed by atoms with Crippen LogP contribution in [0.1, 0.15) is 13.8 Å². The molecule has 0 amide bonds. The second-order valence-electron chi connectivity index (χ2n) is 5.58. The first-order valence-electron chi connectivity index (χ1n) is 7.32. The predicted octanol–water partition coefficient (Wildman–Crippen LogP) is -0.234. The van der Waals surface area contributed by atoms with Gasteiger partial charge in [0, 0.05) is 11.4 Å². The highest BCUT2D eigenvalue weighted by Gasteiger charge is 2.40. The number of aliphatic hydroxyl groups is 1. The average Bonchev–Trinajstić information content (AvgIpc) is 2.36. The summed E-state index contributed by atoms with van der Waals surface area (Å²) in [5.41, 5.74) is 0. The predicted molar refractivity (Wildman–Crippen MR) is 91.4 cm³/mol. The first-order chi connectivity index (χ1) is 11.3. The van der Waals surface area contributed by atoms with E-state index >= 15 is 0 Å². The number of carbonyl (C=O) groups is 3. The highest BCUT2D eigenvalue weighted by Crippen LogP contribution is 2.51. The molecule has 12 heteroatoms. The van der Waals surface area contributed by atoms with Crippen molar-refractivity contribution in [1.82, 2.24) is 0 Å². The summed E-state index contributed by atoms with van der Waals surface area (Å²) in [6.07, 6.45) is 0. The minimum atomic E-state index is -4.74. The third-order valence-electron chi connectivity index (χ3n) is 2.26. The molecule has 0 aliphatic rings. The van der Waals surface area contributed by atoms with Crippen molar-refractivity contribution in [3.05, 3.63) is 0 Å². The number of carbonyl (C=O) groups excluding carboxylic acids is 3. The van der Waals surface area contributed by atoms with Crippen LogP contribution in [0, 0.1) is 5.92 Å². The largest absolute Gasteiger partial charge is 0.465 e. The minimum Gasteiger partial charge on any atom is -0.465 e. The lowest BCUT2D eigenvalue weighted by atomic mass is 10.2. The Hall–Kier alpha value is -0.970. The van der Waals surface area contributed by atoms with E-state index in [-0.39, 0.29) is 19.8 Å². The topological polar surface area (TPSA) is 147 Å². The summed E-state index contributed by atoms with van der Waals surface area (Å²) >= 11 is -0.401. The van der Waals surface area contributed by atoms with Crippen molar-refractivity contribution in [2.24, 2.45) is 5.92 Å². The van der Waals surface area contributed by atoms with Gasteiger partial charge >= 0.3 is 18.7 Å². The first-order valence-corrected chi connectivity index (χ1v) is 10.4. The monoisotopic (exact) mass is 404 g/mol. The normalized spacial score (nSPS) is 11.4. The third kappa shape index (κ3) is 15.0. The number of aliphatic hydroxyl groups excluding tert-OH is 1. The summed E-state index contributed by atoms with van der Waals surface area (Å²) in [6, 6.07) is 0. The van der Waals surface area contributed by atoms with Crippen molar-refractivity contribution in [3.63, 3.8) is 0 Å². The van der Waals surface area contributed by atoms with Gasteiger partial charge in [0.2, 0.25) is 11.0 Å². The molecule has 0 bridgehead atoms. The third-order valence-corrected chi connectivity index (χ3v) is 4.17. The van der Waals surface area contributed by atoms with E-state index in [2.05, 4.69) is 30.6 Å². The molecule has 3 N–H and O–H groups in total. The number of ether oxygens (including phenoxy) is 2. The van der Waals surface area contributed by atoms with Crippen LogP contribution in [-0.4, -0.2) is 83.9 Å². The van der Waals surface area contributed by atoms with Gasteiger partial charge < -0.3 is 28.9 Å². The molecule has 0 unspecified atom stereocenters. The number of hydrogen-bond donors (Lipinski definition) is 3. The fraction of sp³-hybridized carbons (Fsp3) is 0.769. The molecule has 25 heavy (non-hydrogen) atoms. The molecule has 0 rings (SSSR count). The standard InChI is InChI=1S/C8H13O8PS.C5H14NO/c1-3-15-6(9)5(7(10)16-4-2)8(11)18-17(12,13)14;1-6(2,3)4-5-7/h5H,3-4H2,1-2H3,(H2,12,13,14);7H,4-5H2,1-3H3/q;+1. The summed E-state index contributed by atoms with van der Waals surface area (Å²) in [7, 11) is 6.16. The van der Waals surface area contributed by atoms with Crippen LogP contribution in [0.4, 0.5) is 0 Å². The molecule has 0 aliphatic heterocycles. The van der Waals surface area contributed by atoms with Gasteiger partial charge in [0.15, 0.2) is 0 Å². The summed E-state index contributed by atoms with van der Waals surface area (Å²) in [5.74, 6) is -4.37. The molecule has 0 heterocycles. The van der Waals surface area contributed by atoms with E-state index in [9.17, 15) is 18.9 Å². The van der Waals surface area contributed by atoms with Crippen LogP contribution in [0.2, 0.25) is 0 Å². The molecule has 0 saturated heterocycles. The smallest absolute Gasteiger partial charge is 0.391 e. The second kappa shape index (κ2) is 12.4. The Bertz CT molecular complexity index is 468. The fourth-order valence-corrected chi connectivity index (χ4v) is 2.76. The van der Waals surface area contributed by atoms with Crippen molar-refractivity contribution < 1.29 is 47.8 Å². The summed E-state index contributed by atoms with van der Waals surface area (Å²) in [6.45, 7) is -0.870. The minimum absolute atomic E-state index is 0.0808. The highest BCUT2D eigenvalue weighted by molar-refractivity contribution is 8.62. The number of esters is 2. The van der Waals surface area contributed by atoms with E-state index in [4.69, 9.17) is 14.9 Å². The maximum absolute atomic E-state index is 11.5. The molecule has 0 atom stereocenters. The zero-order valence-corrected chi connectivity index (χ0v) is 16.7. The van der Waals surface area contributed by atoms with E-state index in [1.807, 2.05) is 0 Å². The molecule has 10 nitrogen and oxygen atoms in total. The van der Waals surface area contributed by atoms with Gasteiger partial charge in [-0.2, -0.15) is 0 Å². The maximum atomic E-state index is 11.5. The molecule has 148 valence electrons. The second-order valence-corrected chi connectivity index (χ2v) is 9.12. The van der Waals surface area contributed by atoms with E-state index in [0.29, 0.717) is 0 Å². The molecule has 0 aromatic heterocycles. The van der Waals surface area contributed by atoms with Gasteiger partial charge in [0.25, 0.3) is 0 Å². The van der Waals surface area contributed by atoms with E-state index in [1.165, 1.54) is 13.8 Å². The Morgan fingerprint density at radius 1 is 1.04 bits per heavy atom. The Labute approximate surface area is 151 Å². The Morgan fingerprint density at radius 2 is 1.44 bits per heavy atom. The van der Waals surface area contributed by atoms with Gasteiger partial charge in [-0.1, -0.05) is 0 Å². The van der Waals surface area contributed by atoms with Crippen molar-refractivity contribution in [2.45, 2.75) is 13.8 Å². The first kappa shape index (κ1) is 26.3. The molecule has 0 aromatic carbocycles. The van der Waals surface area contributed by atoms with Crippen LogP contribution >= 0.6 is 18.2 Å². The SMILES string of the molecule is CCOC(=O)C(C(=O)OCC)C(=O)SP(=O)(O)O.C[N+](C)(C)CCO. The van der Waals surface area contributed by atoms with Crippen LogP contribution in [0.25, 0.3) is 0 Å². The van der Waals surface area contributed by atoms with Crippen LogP contribution in [0.15, 0.2) is 0 Å². The zero-order valence-electron chi connectivity index (χ0n) is 15.0. The quantitative estimate of drug-likeness (QED) is 0.214. The van der Waals surface area contributed by atoms with Crippen molar-refractivity contribution >= 4 is 35.2 Å². The molecule has 0 aromatic rings. The molecule has 0 fully saturated rings. The van der Waals surface area contributed by atoms with Gasteiger partial charge in [-0.15, -0.1) is 0 Å². The zero-order chi connectivity index (χ0) is 20.3. The molecule has 0 spiro atoms. The van der Waals surface area contributed by atoms with Crippen molar-refractivity contribution in [2.75, 3.05) is 47.5 Å². The van der Waals surface area contributed by atoms with E-state index in [0.717, 1.165) is 11.0 Å². The lowest BCUT2D eigenvalue weighted by Gasteiger charge is -2.21. The maximum Gasteiger partial charge on any atom is 0.391 e. The Morgan fingerprint density at radius 3 is 1.64 bits per heavy atom. The van der Waals surface area contributed by atoms with Gasteiger partial charge in [-0.3, -0.25) is 14.4 Å². The van der Waals surface area contributed by atoms with Gasteiger partial charge in [0.1, 0.15) is 6.54 Å². The van der Waals surface area contributed by atoms with Crippen LogP contribution in [0.3, 0.4) is 0 Å². The molecular weight excluding hydrogens is 377 g/mol. The van der Waals surface area contributed by atoms with Gasteiger partial charge in [0.05, 0.1) is 41.0 Å². The number of hydrogen-bond acceptors (Lipinski definition) is 8. The number of rotatable bonds is 8. The van der Waals surface area contributed by atoms with E-state index in [1.54, 1.807) is 0 Å². The Kier molecular flexibility index (Phi) is 13.0. The fourth-order valence-electron chi connectivity index (χ4n) is 1.21. The van der Waals surface area contributed by atoms with Crippen LogP contribution in [0.5, 0.6) is 0 Å². The lowest BCUT2D eigenvalue weighted by Crippen LogP contribution is -2.36. The molecule has 0 aliphatic carbocycles. The Balaban J connectivity index is 0. The van der Waals surface area contributed by atoms with Gasteiger partial charge in [-0.05, 0) is 13.8 Å². The summed E-state index contributed by atoms with van der Waals surface area (Å²) in [5, 5.41) is 7.08. The number of likely N-dealkylation sites (N-methyl/N-ethyl adjacent to an activating group) is 1. The molecule has 0 saturated carbocycles. The lowest BCUT2D eigenvalue weighted by molar-refractivity contribution is -0.870. The van der Waals surface area contributed by atoms with Crippen LogP contribution in [-0.2, 0) is 28.4 Å².